The molecule has 4 rings (SSSR count). The van der Waals surface area contributed by atoms with Gasteiger partial charge in [0.25, 0.3) is 0 Å². The lowest BCUT2D eigenvalue weighted by atomic mass is 10.0. The van der Waals surface area contributed by atoms with Crippen LogP contribution < -0.4 is 16.0 Å². The van der Waals surface area contributed by atoms with Gasteiger partial charge in [0.15, 0.2) is 0 Å². The number of anilines is 2. The molecule has 216 valence electrons. The first-order valence-corrected chi connectivity index (χ1v) is 13.2. The molecule has 0 aliphatic heterocycles. The Morgan fingerprint density at radius 1 is 0.976 bits per heavy atom. The highest BCUT2D eigenvalue weighted by atomic mass is 35.5. The summed E-state index contributed by atoms with van der Waals surface area (Å²) in [6, 6.07) is 20.0. The standard InChI is InChI=1S/C29H28ClN7O5/c1-41-15-16-42-29(40)33-24-11-9-23(10-12-24)32-28(39)25(17-20-5-3-2-4-6-20)34-27(38)14-7-21-18-22(30)8-13-26(21)37-19-31-35-36-37/h2-14,18-19,25H,15-17H2,1H3,(H,32,39)(H,33,40)(H,34,38)/t25-/m0/s1. The van der Waals surface area contributed by atoms with Gasteiger partial charge in [0.05, 0.1) is 12.3 Å². The number of nitrogens with zero attached hydrogens (tertiary/aromatic N) is 4. The van der Waals surface area contributed by atoms with Crippen molar-refractivity contribution < 1.29 is 23.9 Å². The molecular formula is C29H28ClN7O5. The largest absolute Gasteiger partial charge is 0.447 e. The van der Waals surface area contributed by atoms with Crippen LogP contribution >= 0.6 is 11.6 Å². The molecule has 13 heteroatoms. The minimum Gasteiger partial charge on any atom is -0.447 e. The Morgan fingerprint density at radius 2 is 1.71 bits per heavy atom. The Balaban J connectivity index is 1.44. The summed E-state index contributed by atoms with van der Waals surface area (Å²) in [5.74, 6) is -0.905. The van der Waals surface area contributed by atoms with E-state index in [-0.39, 0.29) is 19.6 Å². The average Bonchev–Trinajstić information content (AvgIpc) is 3.52. The van der Waals surface area contributed by atoms with Crippen LogP contribution in [0.4, 0.5) is 16.2 Å². The molecule has 0 saturated carbocycles. The molecule has 3 aromatic carbocycles. The van der Waals surface area contributed by atoms with Crippen LogP contribution in [0.1, 0.15) is 11.1 Å². The molecule has 42 heavy (non-hydrogen) atoms. The van der Waals surface area contributed by atoms with Crippen LogP contribution in [0, 0.1) is 0 Å². The lowest BCUT2D eigenvalue weighted by Crippen LogP contribution is -2.44. The number of halogens is 1. The highest BCUT2D eigenvalue weighted by molar-refractivity contribution is 6.30. The number of methoxy groups -OCH3 is 1. The van der Waals surface area contributed by atoms with Gasteiger partial charge < -0.3 is 20.1 Å². The Hall–Kier alpha value is -5.07. The van der Waals surface area contributed by atoms with Gasteiger partial charge >= 0.3 is 6.09 Å². The molecular weight excluding hydrogens is 562 g/mol. The first kappa shape index (κ1) is 29.9. The number of ether oxygens (including phenoxy) is 2. The van der Waals surface area contributed by atoms with Crippen LogP contribution in [-0.2, 0) is 25.5 Å². The van der Waals surface area contributed by atoms with Gasteiger partial charge in [0, 0.05) is 41.6 Å². The summed E-state index contributed by atoms with van der Waals surface area (Å²) < 4.78 is 11.3. The molecule has 12 nitrogen and oxygen atoms in total. The zero-order valence-electron chi connectivity index (χ0n) is 22.6. The third-order valence-corrected chi connectivity index (χ3v) is 6.07. The van der Waals surface area contributed by atoms with E-state index < -0.39 is 23.9 Å². The fourth-order valence-electron chi connectivity index (χ4n) is 3.82. The summed E-state index contributed by atoms with van der Waals surface area (Å²) in [7, 11) is 1.51. The van der Waals surface area contributed by atoms with Crippen molar-refractivity contribution >= 4 is 47.0 Å². The summed E-state index contributed by atoms with van der Waals surface area (Å²) in [6.07, 6.45) is 3.95. The fraction of sp³-hybridized carbons (Fsp3) is 0.172. The third-order valence-electron chi connectivity index (χ3n) is 5.83. The monoisotopic (exact) mass is 589 g/mol. The van der Waals surface area contributed by atoms with Crippen LogP contribution in [-0.4, -0.2) is 64.5 Å². The highest BCUT2D eigenvalue weighted by Crippen LogP contribution is 2.20. The number of nitrogens with one attached hydrogen (secondary N) is 3. The van der Waals surface area contributed by atoms with Crippen molar-refractivity contribution in [3.63, 3.8) is 0 Å². The molecule has 3 N–H and O–H groups in total. The van der Waals surface area contributed by atoms with Gasteiger partial charge in [-0.25, -0.2) is 4.79 Å². The summed E-state index contributed by atoms with van der Waals surface area (Å²) in [5, 5.41) is 19.8. The molecule has 0 unspecified atom stereocenters. The van der Waals surface area contributed by atoms with E-state index in [1.165, 1.54) is 24.2 Å². The topological polar surface area (TPSA) is 149 Å². The molecule has 0 aliphatic rings. The molecule has 4 aromatic rings. The van der Waals surface area contributed by atoms with E-state index in [0.717, 1.165) is 5.56 Å². The lowest BCUT2D eigenvalue weighted by Gasteiger charge is -2.18. The molecule has 0 radical (unpaired) electrons. The van der Waals surface area contributed by atoms with E-state index in [4.69, 9.17) is 21.1 Å². The van der Waals surface area contributed by atoms with E-state index in [9.17, 15) is 14.4 Å². The van der Waals surface area contributed by atoms with Gasteiger partial charge in [-0.2, -0.15) is 4.68 Å². The van der Waals surface area contributed by atoms with Crippen LogP contribution in [0.5, 0.6) is 0 Å². The van der Waals surface area contributed by atoms with Gasteiger partial charge in [-0.05, 0) is 64.5 Å². The number of aromatic nitrogens is 4. The normalized spacial score (nSPS) is 11.6. The predicted molar refractivity (Wildman–Crippen MR) is 157 cm³/mol. The number of hydrogen-bond donors (Lipinski definition) is 3. The molecule has 3 amide bonds. The van der Waals surface area contributed by atoms with Crippen molar-refractivity contribution in [3.8, 4) is 5.69 Å². The smallest absolute Gasteiger partial charge is 0.411 e. The van der Waals surface area contributed by atoms with E-state index >= 15 is 0 Å². The van der Waals surface area contributed by atoms with E-state index in [2.05, 4.69) is 31.5 Å². The molecule has 0 bridgehead atoms. The Kier molecular flexibility index (Phi) is 10.7. The molecule has 0 aliphatic carbocycles. The van der Waals surface area contributed by atoms with E-state index in [0.29, 0.717) is 27.6 Å². The Labute approximate surface area is 246 Å². The number of benzene rings is 3. The molecule has 1 heterocycles. The Morgan fingerprint density at radius 3 is 2.40 bits per heavy atom. The number of rotatable bonds is 12. The zero-order valence-corrected chi connectivity index (χ0v) is 23.3. The van der Waals surface area contributed by atoms with Crippen molar-refractivity contribution in [3.05, 3.63) is 101 Å². The minimum atomic E-state index is -0.892. The van der Waals surface area contributed by atoms with Crippen molar-refractivity contribution in [2.75, 3.05) is 31.0 Å². The fourth-order valence-corrected chi connectivity index (χ4v) is 4.00. The lowest BCUT2D eigenvalue weighted by molar-refractivity contribution is -0.123. The second-order valence-corrected chi connectivity index (χ2v) is 9.30. The molecule has 1 atom stereocenters. The molecule has 0 saturated heterocycles. The highest BCUT2D eigenvalue weighted by Gasteiger charge is 2.21. The summed E-state index contributed by atoms with van der Waals surface area (Å²) in [6.45, 7) is 0.414. The maximum Gasteiger partial charge on any atom is 0.411 e. The minimum absolute atomic E-state index is 0.125. The maximum atomic E-state index is 13.3. The SMILES string of the molecule is COCCOC(=O)Nc1ccc(NC(=O)[C@H](Cc2ccccc2)NC(=O)C=Cc2cc(Cl)ccc2-n2cnnn2)cc1. The average molecular weight is 590 g/mol. The third kappa shape index (κ3) is 8.98. The molecule has 0 spiro atoms. The molecule has 0 fully saturated rings. The van der Waals surface area contributed by atoms with Crippen molar-refractivity contribution in [1.82, 2.24) is 25.5 Å². The first-order valence-electron chi connectivity index (χ1n) is 12.8. The van der Waals surface area contributed by atoms with Gasteiger partial charge in [-0.1, -0.05) is 41.9 Å². The van der Waals surface area contributed by atoms with Crippen molar-refractivity contribution in [2.45, 2.75) is 12.5 Å². The number of amides is 3. The molecule has 1 aromatic heterocycles. The summed E-state index contributed by atoms with van der Waals surface area (Å²) in [4.78, 5) is 38.1. The van der Waals surface area contributed by atoms with Crippen LogP contribution in [0.15, 0.2) is 85.2 Å². The van der Waals surface area contributed by atoms with Gasteiger partial charge in [0.1, 0.15) is 19.0 Å². The van der Waals surface area contributed by atoms with Gasteiger partial charge in [-0.15, -0.1) is 5.10 Å². The second kappa shape index (κ2) is 15.1. The predicted octanol–water partition coefficient (Wildman–Crippen LogP) is 3.89. The van der Waals surface area contributed by atoms with Gasteiger partial charge in [0.2, 0.25) is 11.8 Å². The van der Waals surface area contributed by atoms with Crippen LogP contribution in [0.3, 0.4) is 0 Å². The van der Waals surface area contributed by atoms with Crippen LogP contribution in [0.25, 0.3) is 11.8 Å². The quantitative estimate of drug-likeness (QED) is 0.166. The van der Waals surface area contributed by atoms with Crippen molar-refractivity contribution in [1.29, 1.82) is 0 Å². The summed E-state index contributed by atoms with van der Waals surface area (Å²) >= 11 is 6.17. The number of carbonyl (C=O) groups excluding carboxylic acids is 3. The Bertz CT molecular complexity index is 1510. The zero-order chi connectivity index (χ0) is 29.7. The first-order chi connectivity index (χ1) is 20.4. The van der Waals surface area contributed by atoms with Gasteiger partial charge in [-0.3, -0.25) is 14.9 Å². The number of tetrazole rings is 1. The number of hydrogen-bond acceptors (Lipinski definition) is 8. The summed E-state index contributed by atoms with van der Waals surface area (Å²) in [5.41, 5.74) is 3.05. The number of carbonyl (C=O) groups is 3. The maximum absolute atomic E-state index is 13.3. The second-order valence-electron chi connectivity index (χ2n) is 8.86. The van der Waals surface area contributed by atoms with E-state index in [1.807, 2.05) is 30.3 Å². The van der Waals surface area contributed by atoms with Crippen molar-refractivity contribution in [2.24, 2.45) is 0 Å². The van der Waals surface area contributed by atoms with E-state index in [1.54, 1.807) is 48.5 Å². The van der Waals surface area contributed by atoms with Crippen LogP contribution in [0.2, 0.25) is 5.02 Å².